The van der Waals surface area contributed by atoms with Gasteiger partial charge in [0, 0.05) is 11.4 Å². The van der Waals surface area contributed by atoms with Gasteiger partial charge in [-0.25, -0.2) is 4.79 Å². The van der Waals surface area contributed by atoms with E-state index in [1.807, 2.05) is 0 Å². The van der Waals surface area contributed by atoms with Crippen molar-refractivity contribution in [2.75, 3.05) is 5.75 Å². The number of nitrogens with zero attached hydrogens (tertiary/aromatic N) is 1. The number of Topliss-reactive ketones (excluding diaryl/α,β-unsaturated/α-hetero) is 1. The van der Waals surface area contributed by atoms with Crippen LogP contribution in [0.4, 0.5) is 0 Å². The normalized spacial score (nSPS) is 22.6. The minimum atomic E-state index is -0.454. The molecule has 0 spiro atoms. The van der Waals surface area contributed by atoms with E-state index in [0.29, 0.717) is 0 Å². The molecule has 1 aromatic heterocycles. The van der Waals surface area contributed by atoms with Crippen molar-refractivity contribution >= 4 is 17.5 Å². The van der Waals surface area contributed by atoms with Crippen LogP contribution in [0.25, 0.3) is 0 Å². The fourth-order valence-electron chi connectivity index (χ4n) is 2.65. The number of aromatic nitrogens is 2. The number of carbonyl (C=O) groups excluding carboxylic acids is 1. The Bertz CT molecular complexity index is 590. The maximum atomic E-state index is 12.3. The summed E-state index contributed by atoms with van der Waals surface area (Å²) in [5, 5.41) is 0.283. The zero-order chi connectivity index (χ0) is 14.0. The predicted octanol–water partition coefficient (Wildman–Crippen LogP) is 1.59. The molecule has 0 radical (unpaired) electrons. The lowest BCUT2D eigenvalue weighted by Gasteiger charge is -2.20. The molecule has 2 atom stereocenters. The van der Waals surface area contributed by atoms with Crippen LogP contribution in [-0.2, 0) is 0 Å². The van der Waals surface area contributed by atoms with E-state index in [1.54, 1.807) is 11.8 Å². The minimum absolute atomic E-state index is 0.0618. The molecule has 2 unspecified atom stereocenters. The second-order valence-corrected chi connectivity index (χ2v) is 6.25. The van der Waals surface area contributed by atoms with Gasteiger partial charge in [-0.05, 0) is 25.5 Å². The van der Waals surface area contributed by atoms with Crippen molar-refractivity contribution in [2.45, 2.75) is 44.4 Å². The third-order valence-corrected chi connectivity index (χ3v) is 4.83. The first-order chi connectivity index (χ1) is 9.06. The van der Waals surface area contributed by atoms with Gasteiger partial charge in [0.1, 0.15) is 0 Å². The Labute approximate surface area is 115 Å². The van der Waals surface area contributed by atoms with Crippen LogP contribution in [0.5, 0.6) is 0 Å². The largest absolute Gasteiger partial charge is 0.328 e. The highest BCUT2D eigenvalue weighted by Gasteiger charge is 2.31. The summed E-state index contributed by atoms with van der Waals surface area (Å²) in [7, 11) is 0. The molecule has 0 saturated heterocycles. The summed E-state index contributed by atoms with van der Waals surface area (Å²) >= 11 is 1.78. The Kier molecular flexibility index (Phi) is 4.29. The average molecular weight is 282 g/mol. The summed E-state index contributed by atoms with van der Waals surface area (Å²) in [5.41, 5.74) is -0.805. The molecule has 1 N–H and O–H groups in total. The minimum Gasteiger partial charge on any atom is -0.313 e. The molecule has 0 amide bonds. The smallest absolute Gasteiger partial charge is 0.313 e. The van der Waals surface area contributed by atoms with E-state index in [0.717, 1.165) is 25.0 Å². The van der Waals surface area contributed by atoms with Gasteiger partial charge in [0.05, 0.1) is 11.6 Å². The molecule has 0 aromatic carbocycles. The quantitative estimate of drug-likeness (QED) is 0.851. The van der Waals surface area contributed by atoms with Gasteiger partial charge in [-0.15, -0.1) is 0 Å². The molecule has 19 heavy (non-hydrogen) atoms. The summed E-state index contributed by atoms with van der Waals surface area (Å²) in [6.07, 6.45) is 4.07. The number of hydrogen-bond donors (Lipinski definition) is 1. The van der Waals surface area contributed by atoms with Gasteiger partial charge in [0.2, 0.25) is 0 Å². The molecule has 1 aliphatic carbocycles. The molecular formula is C13H18N2O3S. The summed E-state index contributed by atoms with van der Waals surface area (Å²) in [6, 6.07) is -0.0968. The number of H-pyrrole nitrogens is 1. The van der Waals surface area contributed by atoms with E-state index < -0.39 is 11.2 Å². The lowest BCUT2D eigenvalue weighted by molar-refractivity contribution is 0.101. The Morgan fingerprint density at radius 1 is 1.47 bits per heavy atom. The number of carbonyl (C=O) groups is 1. The van der Waals surface area contributed by atoms with Crippen LogP contribution in [0.15, 0.2) is 15.8 Å². The van der Waals surface area contributed by atoms with Gasteiger partial charge < -0.3 is 4.98 Å². The molecule has 0 aliphatic heterocycles. The van der Waals surface area contributed by atoms with Gasteiger partial charge in [0.25, 0.3) is 5.56 Å². The maximum Gasteiger partial charge on any atom is 0.328 e. The molecule has 1 heterocycles. The van der Waals surface area contributed by atoms with E-state index in [4.69, 9.17) is 0 Å². The van der Waals surface area contributed by atoms with E-state index in [9.17, 15) is 14.4 Å². The summed E-state index contributed by atoms with van der Waals surface area (Å²) < 4.78 is 1.25. The topological polar surface area (TPSA) is 71.9 Å². The number of aromatic amines is 1. The molecule has 1 aliphatic rings. The first-order valence-electron chi connectivity index (χ1n) is 6.53. The molecule has 2 rings (SSSR count). The summed E-state index contributed by atoms with van der Waals surface area (Å²) in [6.45, 7) is 3.41. The van der Waals surface area contributed by atoms with Crippen LogP contribution in [0, 0.1) is 0 Å². The number of thioether (sulfide) groups is 1. The third kappa shape index (κ3) is 2.68. The molecule has 104 valence electrons. The lowest BCUT2D eigenvalue weighted by Crippen LogP contribution is -2.42. The highest BCUT2D eigenvalue weighted by Crippen LogP contribution is 2.36. The van der Waals surface area contributed by atoms with Crippen molar-refractivity contribution in [2.24, 2.45) is 0 Å². The maximum absolute atomic E-state index is 12.3. The van der Waals surface area contributed by atoms with Crippen molar-refractivity contribution in [3.05, 3.63) is 32.6 Å². The zero-order valence-corrected chi connectivity index (χ0v) is 12.0. The predicted molar refractivity (Wildman–Crippen MR) is 76.1 cm³/mol. The lowest BCUT2D eigenvalue weighted by atomic mass is 10.2. The van der Waals surface area contributed by atoms with Crippen LogP contribution in [0.2, 0.25) is 0 Å². The van der Waals surface area contributed by atoms with Crippen LogP contribution in [-0.4, -0.2) is 26.3 Å². The molecule has 5 nitrogen and oxygen atoms in total. The second kappa shape index (κ2) is 5.77. The van der Waals surface area contributed by atoms with Crippen molar-refractivity contribution in [3.8, 4) is 0 Å². The van der Waals surface area contributed by atoms with E-state index in [-0.39, 0.29) is 22.6 Å². The van der Waals surface area contributed by atoms with Crippen molar-refractivity contribution in [3.63, 3.8) is 0 Å². The fourth-order valence-corrected chi connectivity index (χ4v) is 3.89. The molecule has 1 fully saturated rings. The van der Waals surface area contributed by atoms with Crippen LogP contribution >= 0.6 is 11.8 Å². The van der Waals surface area contributed by atoms with E-state index in [1.165, 1.54) is 17.7 Å². The van der Waals surface area contributed by atoms with Gasteiger partial charge in [0.15, 0.2) is 5.78 Å². The first-order valence-corrected chi connectivity index (χ1v) is 7.58. The number of ketones is 1. The van der Waals surface area contributed by atoms with Crippen LogP contribution in [0.3, 0.4) is 0 Å². The summed E-state index contributed by atoms with van der Waals surface area (Å²) in [5.74, 6) is 0.646. The van der Waals surface area contributed by atoms with Crippen molar-refractivity contribution in [1.29, 1.82) is 0 Å². The van der Waals surface area contributed by atoms with Crippen molar-refractivity contribution in [1.82, 2.24) is 9.55 Å². The molecule has 1 saturated carbocycles. The molecule has 6 heteroatoms. The van der Waals surface area contributed by atoms with Gasteiger partial charge in [-0.2, -0.15) is 11.8 Å². The highest BCUT2D eigenvalue weighted by atomic mass is 32.2. The summed E-state index contributed by atoms with van der Waals surface area (Å²) in [4.78, 5) is 38.1. The Morgan fingerprint density at radius 2 is 2.21 bits per heavy atom. The monoisotopic (exact) mass is 282 g/mol. The first kappa shape index (κ1) is 14.1. The Balaban J connectivity index is 2.50. The van der Waals surface area contributed by atoms with Gasteiger partial charge >= 0.3 is 5.69 Å². The number of rotatable bonds is 4. The standard InChI is InChI=1S/C13H18N2O3S/c1-3-19-11-6-4-5-10(11)15-12(17)9(8(2)16)7-14-13(15)18/h7,10-11H,3-6H2,1-2H3,(H,14,18). The Hall–Kier alpha value is -1.30. The number of nitrogens with one attached hydrogen (secondary N) is 1. The second-order valence-electron chi connectivity index (χ2n) is 4.73. The Morgan fingerprint density at radius 3 is 2.84 bits per heavy atom. The highest BCUT2D eigenvalue weighted by molar-refractivity contribution is 7.99. The van der Waals surface area contributed by atoms with Gasteiger partial charge in [-0.1, -0.05) is 13.3 Å². The number of hydrogen-bond acceptors (Lipinski definition) is 4. The fraction of sp³-hybridized carbons (Fsp3) is 0.615. The third-order valence-electron chi connectivity index (χ3n) is 3.52. The van der Waals surface area contributed by atoms with Crippen LogP contribution < -0.4 is 11.2 Å². The molecule has 0 bridgehead atoms. The van der Waals surface area contributed by atoms with Crippen LogP contribution in [0.1, 0.15) is 49.5 Å². The molecule has 1 aromatic rings. The van der Waals surface area contributed by atoms with E-state index >= 15 is 0 Å². The SMILES string of the molecule is CCSC1CCCC1n1c(=O)[nH]cc(C(C)=O)c1=O. The molecular weight excluding hydrogens is 264 g/mol. The van der Waals surface area contributed by atoms with Crippen molar-refractivity contribution < 1.29 is 4.79 Å². The van der Waals surface area contributed by atoms with E-state index in [2.05, 4.69) is 11.9 Å². The van der Waals surface area contributed by atoms with Gasteiger partial charge in [-0.3, -0.25) is 14.2 Å². The zero-order valence-electron chi connectivity index (χ0n) is 11.1. The average Bonchev–Trinajstić information content (AvgIpc) is 2.77.